The first-order chi connectivity index (χ1) is 16.9. The SMILES string of the molecule is C=CC(=O)C1C[C@@H](Cc2ncc3cc(-c4c(Cl)c(OC)cc(OC)c4Cl)ccc3n2)C[C@H]1COC. The van der Waals surface area contributed by atoms with Crippen LogP contribution in [0.2, 0.25) is 10.0 Å². The summed E-state index contributed by atoms with van der Waals surface area (Å²) in [6, 6.07) is 7.47. The Morgan fingerprint density at radius 2 is 1.83 bits per heavy atom. The molecule has 3 atom stereocenters. The van der Waals surface area contributed by atoms with Gasteiger partial charge < -0.3 is 14.2 Å². The molecular formula is C27H28Cl2N2O4. The van der Waals surface area contributed by atoms with Gasteiger partial charge in [0.25, 0.3) is 0 Å². The van der Waals surface area contributed by atoms with E-state index >= 15 is 0 Å². The molecule has 0 amide bonds. The number of rotatable bonds is 9. The second-order valence-electron chi connectivity index (χ2n) is 8.81. The third-order valence-corrected chi connectivity index (χ3v) is 7.45. The third-order valence-electron chi connectivity index (χ3n) is 6.70. The number of hydrogen-bond acceptors (Lipinski definition) is 6. The highest BCUT2D eigenvalue weighted by molar-refractivity contribution is 6.41. The molecule has 2 aromatic carbocycles. The Hall–Kier alpha value is -2.67. The monoisotopic (exact) mass is 514 g/mol. The van der Waals surface area contributed by atoms with Crippen molar-refractivity contribution in [1.82, 2.24) is 9.97 Å². The van der Waals surface area contributed by atoms with Crippen molar-refractivity contribution >= 4 is 39.9 Å². The Labute approximate surface area is 215 Å². The lowest BCUT2D eigenvalue weighted by molar-refractivity contribution is -0.119. The van der Waals surface area contributed by atoms with Gasteiger partial charge in [0.15, 0.2) is 5.78 Å². The zero-order valence-electron chi connectivity index (χ0n) is 20.0. The molecule has 0 spiro atoms. The van der Waals surface area contributed by atoms with Gasteiger partial charge in [-0.25, -0.2) is 9.97 Å². The Morgan fingerprint density at radius 3 is 2.46 bits per heavy atom. The summed E-state index contributed by atoms with van der Waals surface area (Å²) in [5.41, 5.74) is 2.26. The number of carbonyl (C=O) groups excluding carboxylic acids is 1. The lowest BCUT2D eigenvalue weighted by atomic mass is 9.92. The summed E-state index contributed by atoms with van der Waals surface area (Å²) in [5, 5.41) is 1.68. The van der Waals surface area contributed by atoms with E-state index < -0.39 is 0 Å². The van der Waals surface area contributed by atoms with Crippen molar-refractivity contribution in [2.45, 2.75) is 19.3 Å². The van der Waals surface area contributed by atoms with E-state index in [1.54, 1.807) is 27.4 Å². The quantitative estimate of drug-likeness (QED) is 0.316. The normalized spacial score (nSPS) is 19.6. The number of carbonyl (C=O) groups is 1. The Kier molecular flexibility index (Phi) is 7.95. The van der Waals surface area contributed by atoms with E-state index in [9.17, 15) is 4.79 Å². The van der Waals surface area contributed by atoms with Crippen molar-refractivity contribution in [3.05, 3.63) is 59.0 Å². The maximum Gasteiger partial charge on any atom is 0.158 e. The molecule has 184 valence electrons. The highest BCUT2D eigenvalue weighted by atomic mass is 35.5. The van der Waals surface area contributed by atoms with Crippen LogP contribution >= 0.6 is 23.2 Å². The minimum Gasteiger partial charge on any atom is -0.495 e. The van der Waals surface area contributed by atoms with Crippen molar-refractivity contribution in [3.63, 3.8) is 0 Å². The van der Waals surface area contributed by atoms with Gasteiger partial charge in [0.1, 0.15) is 17.3 Å². The molecule has 1 fully saturated rings. The molecule has 0 N–H and O–H groups in total. The second-order valence-corrected chi connectivity index (χ2v) is 9.57. The molecule has 0 bridgehead atoms. The minimum absolute atomic E-state index is 0.0465. The average Bonchev–Trinajstić information content (AvgIpc) is 3.26. The molecular weight excluding hydrogens is 487 g/mol. The molecule has 3 aromatic rings. The number of ketones is 1. The molecule has 0 aliphatic heterocycles. The van der Waals surface area contributed by atoms with Crippen molar-refractivity contribution in [2.75, 3.05) is 27.9 Å². The number of hydrogen-bond donors (Lipinski definition) is 0. The first-order valence-electron chi connectivity index (χ1n) is 11.4. The van der Waals surface area contributed by atoms with Gasteiger partial charge in [-0.1, -0.05) is 35.8 Å². The molecule has 1 heterocycles. The minimum atomic E-state index is -0.0465. The molecule has 1 aliphatic rings. The van der Waals surface area contributed by atoms with Crippen molar-refractivity contribution < 1.29 is 19.0 Å². The lowest BCUT2D eigenvalue weighted by Gasteiger charge is -2.15. The van der Waals surface area contributed by atoms with Crippen LogP contribution in [0.3, 0.4) is 0 Å². The van der Waals surface area contributed by atoms with E-state index in [0.717, 1.165) is 35.1 Å². The van der Waals surface area contributed by atoms with Crippen LogP contribution < -0.4 is 9.47 Å². The van der Waals surface area contributed by atoms with Crippen molar-refractivity contribution in [1.29, 1.82) is 0 Å². The molecule has 1 aliphatic carbocycles. The van der Waals surface area contributed by atoms with Crippen LogP contribution in [0.15, 0.2) is 43.1 Å². The van der Waals surface area contributed by atoms with Gasteiger partial charge in [-0.2, -0.15) is 0 Å². The fourth-order valence-corrected chi connectivity index (χ4v) is 5.75. The molecule has 35 heavy (non-hydrogen) atoms. The zero-order chi connectivity index (χ0) is 25.1. The fraction of sp³-hybridized carbons (Fsp3) is 0.370. The molecule has 6 nitrogen and oxygen atoms in total. The van der Waals surface area contributed by atoms with Gasteiger partial charge in [-0.3, -0.25) is 4.79 Å². The van der Waals surface area contributed by atoms with E-state index in [-0.39, 0.29) is 17.6 Å². The zero-order valence-corrected chi connectivity index (χ0v) is 21.5. The van der Waals surface area contributed by atoms with Crippen molar-refractivity contribution in [2.24, 2.45) is 17.8 Å². The maximum atomic E-state index is 12.3. The van der Waals surface area contributed by atoms with E-state index in [4.69, 9.17) is 42.4 Å². The summed E-state index contributed by atoms with van der Waals surface area (Å²) >= 11 is 13.2. The predicted octanol–water partition coefficient (Wildman–Crippen LogP) is 6.21. The highest BCUT2D eigenvalue weighted by Gasteiger charge is 2.37. The average molecular weight is 515 g/mol. The highest BCUT2D eigenvalue weighted by Crippen LogP contribution is 2.46. The second kappa shape index (κ2) is 10.9. The van der Waals surface area contributed by atoms with Crippen LogP contribution in [0, 0.1) is 17.8 Å². The largest absolute Gasteiger partial charge is 0.495 e. The molecule has 1 aromatic heterocycles. The Balaban J connectivity index is 1.60. The number of allylic oxidation sites excluding steroid dienone is 1. The molecule has 8 heteroatoms. The smallest absolute Gasteiger partial charge is 0.158 e. The molecule has 1 saturated carbocycles. The van der Waals surface area contributed by atoms with E-state index in [0.29, 0.717) is 46.1 Å². The van der Waals surface area contributed by atoms with Crippen LogP contribution in [0.25, 0.3) is 22.0 Å². The lowest BCUT2D eigenvalue weighted by Crippen LogP contribution is -2.20. The number of nitrogens with zero attached hydrogens (tertiary/aromatic N) is 2. The van der Waals surface area contributed by atoms with Gasteiger partial charge in [0, 0.05) is 49.3 Å². The number of fused-ring (bicyclic) bond motifs is 1. The van der Waals surface area contributed by atoms with Gasteiger partial charge in [-0.05, 0) is 48.4 Å². The van der Waals surface area contributed by atoms with Gasteiger partial charge in [0.05, 0.1) is 29.8 Å². The first kappa shape index (κ1) is 25.4. The predicted molar refractivity (Wildman–Crippen MR) is 139 cm³/mol. The number of halogens is 2. The Bertz CT molecular complexity index is 1240. The number of benzene rings is 2. The summed E-state index contributed by atoms with van der Waals surface area (Å²) in [4.78, 5) is 21.7. The van der Waals surface area contributed by atoms with Crippen LogP contribution in [-0.2, 0) is 16.0 Å². The number of ether oxygens (including phenoxy) is 3. The summed E-state index contributed by atoms with van der Waals surface area (Å²) < 4.78 is 16.1. The standard InChI is InChI=1S/C27H28Cl2N2O4/c1-5-21(32)19-9-15(8-18(19)14-33-2)10-24-30-13-17-11-16(6-7-20(17)31-24)25-26(28)22(34-3)12-23(35-4)27(25)29/h5-7,11-13,15,18-19H,1,8-10,14H2,2-4H3/t15-,18-,19?/m0/s1. The Morgan fingerprint density at radius 1 is 1.11 bits per heavy atom. The van der Waals surface area contributed by atoms with Crippen LogP contribution in [0.1, 0.15) is 18.7 Å². The van der Waals surface area contributed by atoms with Gasteiger partial charge >= 0.3 is 0 Å². The summed E-state index contributed by atoms with van der Waals surface area (Å²) in [6.45, 7) is 4.23. The number of aromatic nitrogens is 2. The van der Waals surface area contributed by atoms with E-state index in [2.05, 4.69) is 11.6 Å². The van der Waals surface area contributed by atoms with Crippen LogP contribution in [-0.4, -0.2) is 43.7 Å². The fourth-order valence-electron chi connectivity index (χ4n) is 5.03. The van der Waals surface area contributed by atoms with Crippen LogP contribution in [0.5, 0.6) is 11.5 Å². The topological polar surface area (TPSA) is 70.5 Å². The first-order valence-corrected chi connectivity index (χ1v) is 12.2. The van der Waals surface area contributed by atoms with E-state index in [1.165, 1.54) is 6.08 Å². The number of methoxy groups -OCH3 is 3. The summed E-state index contributed by atoms with van der Waals surface area (Å²) in [6.07, 6.45) is 5.66. The molecule has 0 saturated heterocycles. The molecule has 4 rings (SSSR count). The van der Waals surface area contributed by atoms with Gasteiger partial charge in [-0.15, -0.1) is 0 Å². The summed E-state index contributed by atoms with van der Waals surface area (Å²) in [7, 11) is 4.77. The molecule has 0 radical (unpaired) electrons. The molecule has 1 unspecified atom stereocenters. The third kappa shape index (κ3) is 5.15. The van der Waals surface area contributed by atoms with Crippen LogP contribution in [0.4, 0.5) is 0 Å². The van der Waals surface area contributed by atoms with Gasteiger partial charge in [0.2, 0.25) is 0 Å². The maximum absolute atomic E-state index is 12.3. The van der Waals surface area contributed by atoms with E-state index in [1.807, 2.05) is 24.4 Å². The van der Waals surface area contributed by atoms with Crippen molar-refractivity contribution in [3.8, 4) is 22.6 Å². The summed E-state index contributed by atoms with van der Waals surface area (Å²) in [5.74, 6) is 2.29.